The zero-order valence-corrected chi connectivity index (χ0v) is 16.0. The number of nitrogens with one attached hydrogen (secondary N) is 1. The van der Waals surface area contributed by atoms with Gasteiger partial charge >= 0.3 is 0 Å². The van der Waals surface area contributed by atoms with E-state index in [9.17, 15) is 4.79 Å². The topological polar surface area (TPSA) is 44.8 Å². The molecule has 3 aliphatic rings. The van der Waals surface area contributed by atoms with E-state index in [2.05, 4.69) is 47.2 Å². The molecule has 1 unspecified atom stereocenters. The summed E-state index contributed by atoms with van der Waals surface area (Å²) in [5, 5.41) is 3.59. The van der Waals surface area contributed by atoms with E-state index < -0.39 is 0 Å². The highest BCUT2D eigenvalue weighted by Gasteiger charge is 2.44. The first-order valence-corrected chi connectivity index (χ1v) is 10.0. The fourth-order valence-electron chi connectivity index (χ4n) is 4.78. The average Bonchev–Trinajstić information content (AvgIpc) is 3.18. The van der Waals surface area contributed by atoms with Gasteiger partial charge in [-0.15, -0.1) is 0 Å². The standard InChI is InChI=1S/C21H31N3O2/c1-15-5-6-17(11-16(15)2)12-20(25)24-10-7-22-18-13-26-14-19(21(18)24)23-8-3-4-9-23/h5-6,11,18-19,21-22H,3-4,7-10,12-14H2,1-2H3/t18?,19-,21-/m0/s1. The van der Waals surface area contributed by atoms with E-state index in [1.54, 1.807) is 0 Å². The van der Waals surface area contributed by atoms with Gasteiger partial charge in [-0.05, 0) is 56.5 Å². The summed E-state index contributed by atoms with van der Waals surface area (Å²) in [4.78, 5) is 17.9. The number of ether oxygens (including phenoxy) is 1. The summed E-state index contributed by atoms with van der Waals surface area (Å²) in [7, 11) is 0. The highest BCUT2D eigenvalue weighted by atomic mass is 16.5. The lowest BCUT2D eigenvalue weighted by atomic mass is 9.92. The van der Waals surface area contributed by atoms with Gasteiger partial charge in [0.15, 0.2) is 0 Å². The van der Waals surface area contributed by atoms with Crippen molar-refractivity contribution in [3.05, 3.63) is 34.9 Å². The number of nitrogens with zero attached hydrogens (tertiary/aromatic N) is 2. The van der Waals surface area contributed by atoms with Crippen molar-refractivity contribution in [2.45, 2.75) is 51.2 Å². The maximum atomic E-state index is 13.2. The van der Waals surface area contributed by atoms with Crippen LogP contribution in [0.1, 0.15) is 29.5 Å². The fourth-order valence-corrected chi connectivity index (χ4v) is 4.78. The molecule has 5 nitrogen and oxygen atoms in total. The van der Waals surface area contributed by atoms with Gasteiger partial charge < -0.3 is 15.0 Å². The Balaban J connectivity index is 1.52. The number of amides is 1. The predicted octanol–water partition coefficient (Wildman–Crippen LogP) is 1.51. The van der Waals surface area contributed by atoms with Crippen LogP contribution in [0.4, 0.5) is 0 Å². The smallest absolute Gasteiger partial charge is 0.227 e. The maximum Gasteiger partial charge on any atom is 0.227 e. The molecule has 0 aliphatic carbocycles. The highest BCUT2D eigenvalue weighted by Crippen LogP contribution is 2.26. The summed E-state index contributed by atoms with van der Waals surface area (Å²) < 4.78 is 5.90. The summed E-state index contributed by atoms with van der Waals surface area (Å²) in [6.45, 7) is 9.62. The third-order valence-electron chi connectivity index (χ3n) is 6.37. The molecular weight excluding hydrogens is 326 g/mol. The third-order valence-corrected chi connectivity index (χ3v) is 6.37. The summed E-state index contributed by atoms with van der Waals surface area (Å²) in [5.41, 5.74) is 3.66. The Bertz CT molecular complexity index is 655. The third kappa shape index (κ3) is 3.53. The van der Waals surface area contributed by atoms with Crippen LogP contribution in [-0.4, -0.2) is 73.2 Å². The summed E-state index contributed by atoms with van der Waals surface area (Å²) >= 11 is 0. The maximum absolute atomic E-state index is 13.2. The first-order valence-electron chi connectivity index (χ1n) is 10.0. The molecule has 1 amide bonds. The van der Waals surface area contributed by atoms with Crippen molar-refractivity contribution >= 4 is 5.91 Å². The molecule has 4 rings (SSSR count). The number of hydrogen-bond donors (Lipinski definition) is 1. The Hall–Kier alpha value is -1.43. The van der Waals surface area contributed by atoms with Crippen LogP contribution in [0.25, 0.3) is 0 Å². The number of likely N-dealkylation sites (tertiary alicyclic amines) is 1. The molecule has 3 saturated heterocycles. The number of aryl methyl sites for hydroxylation is 2. The van der Waals surface area contributed by atoms with Gasteiger partial charge in [-0.25, -0.2) is 0 Å². The van der Waals surface area contributed by atoms with Crippen LogP contribution in [0, 0.1) is 13.8 Å². The van der Waals surface area contributed by atoms with E-state index in [1.165, 1.54) is 24.0 Å². The zero-order chi connectivity index (χ0) is 18.1. The van der Waals surface area contributed by atoms with Gasteiger partial charge in [0, 0.05) is 13.1 Å². The Morgan fingerprint density at radius 1 is 1.15 bits per heavy atom. The molecule has 0 spiro atoms. The van der Waals surface area contributed by atoms with Gasteiger partial charge in [-0.2, -0.15) is 0 Å². The molecule has 0 bridgehead atoms. The normalized spacial score (nSPS) is 29.6. The number of carbonyl (C=O) groups is 1. The zero-order valence-electron chi connectivity index (χ0n) is 16.0. The van der Waals surface area contributed by atoms with Crippen LogP contribution in [0.15, 0.2) is 18.2 Å². The van der Waals surface area contributed by atoms with Gasteiger partial charge in [0.05, 0.1) is 37.8 Å². The Morgan fingerprint density at radius 3 is 2.73 bits per heavy atom. The number of benzene rings is 1. The van der Waals surface area contributed by atoms with E-state index in [-0.39, 0.29) is 18.0 Å². The molecule has 1 aromatic rings. The minimum absolute atomic E-state index is 0.231. The van der Waals surface area contributed by atoms with Crippen LogP contribution < -0.4 is 5.32 Å². The molecule has 142 valence electrons. The lowest BCUT2D eigenvalue weighted by molar-refractivity contribution is -0.142. The quantitative estimate of drug-likeness (QED) is 0.891. The predicted molar refractivity (Wildman–Crippen MR) is 102 cm³/mol. The number of hydrogen-bond acceptors (Lipinski definition) is 4. The van der Waals surface area contributed by atoms with E-state index >= 15 is 0 Å². The SMILES string of the molecule is Cc1ccc(CC(=O)N2CCNC3COC[C@H](N4CCCC4)[C@H]32)cc1C. The summed E-state index contributed by atoms with van der Waals surface area (Å²) in [5.74, 6) is 0.260. The number of carbonyl (C=O) groups excluding carboxylic acids is 1. The fraction of sp³-hybridized carbons (Fsp3) is 0.667. The molecular formula is C21H31N3O2. The highest BCUT2D eigenvalue weighted by molar-refractivity contribution is 5.79. The Kier molecular flexibility index (Phi) is 5.30. The van der Waals surface area contributed by atoms with Gasteiger partial charge in [-0.3, -0.25) is 9.69 Å². The molecule has 3 heterocycles. The Labute approximate surface area is 156 Å². The monoisotopic (exact) mass is 357 g/mol. The van der Waals surface area contributed by atoms with Gasteiger partial charge in [-0.1, -0.05) is 18.2 Å². The number of piperazine rings is 1. The van der Waals surface area contributed by atoms with Crippen molar-refractivity contribution in [1.29, 1.82) is 0 Å². The summed E-state index contributed by atoms with van der Waals surface area (Å²) in [6, 6.07) is 7.20. The van der Waals surface area contributed by atoms with Crippen molar-refractivity contribution in [1.82, 2.24) is 15.1 Å². The lowest BCUT2D eigenvalue weighted by Crippen LogP contribution is -2.70. The molecule has 1 aromatic carbocycles. The molecule has 0 aromatic heterocycles. The average molecular weight is 357 g/mol. The molecule has 3 fully saturated rings. The van der Waals surface area contributed by atoms with E-state index in [0.29, 0.717) is 19.1 Å². The van der Waals surface area contributed by atoms with Gasteiger partial charge in [0.2, 0.25) is 5.91 Å². The molecule has 5 heteroatoms. The van der Waals surface area contributed by atoms with Crippen molar-refractivity contribution in [3.63, 3.8) is 0 Å². The van der Waals surface area contributed by atoms with Crippen LogP contribution in [-0.2, 0) is 16.0 Å². The van der Waals surface area contributed by atoms with Gasteiger partial charge in [0.1, 0.15) is 0 Å². The van der Waals surface area contributed by atoms with Crippen LogP contribution in [0.2, 0.25) is 0 Å². The van der Waals surface area contributed by atoms with Crippen molar-refractivity contribution in [2.75, 3.05) is 39.4 Å². The summed E-state index contributed by atoms with van der Waals surface area (Å²) in [6.07, 6.45) is 3.02. The molecule has 0 radical (unpaired) electrons. The Morgan fingerprint density at radius 2 is 1.96 bits per heavy atom. The van der Waals surface area contributed by atoms with Gasteiger partial charge in [0.25, 0.3) is 0 Å². The van der Waals surface area contributed by atoms with Crippen molar-refractivity contribution in [3.8, 4) is 0 Å². The lowest BCUT2D eigenvalue weighted by Gasteiger charge is -2.50. The molecule has 3 atom stereocenters. The van der Waals surface area contributed by atoms with Crippen LogP contribution >= 0.6 is 0 Å². The molecule has 0 saturated carbocycles. The van der Waals surface area contributed by atoms with Crippen LogP contribution in [0.5, 0.6) is 0 Å². The largest absolute Gasteiger partial charge is 0.378 e. The minimum atomic E-state index is 0.231. The van der Waals surface area contributed by atoms with Crippen molar-refractivity contribution in [2.24, 2.45) is 0 Å². The van der Waals surface area contributed by atoms with Crippen LogP contribution in [0.3, 0.4) is 0 Å². The first-order chi connectivity index (χ1) is 12.6. The van der Waals surface area contributed by atoms with E-state index in [0.717, 1.165) is 38.3 Å². The van der Waals surface area contributed by atoms with E-state index in [4.69, 9.17) is 4.74 Å². The molecule has 3 aliphatic heterocycles. The van der Waals surface area contributed by atoms with E-state index in [1.807, 2.05) is 0 Å². The number of fused-ring (bicyclic) bond motifs is 1. The second-order valence-corrected chi connectivity index (χ2v) is 8.08. The first kappa shape index (κ1) is 18.0. The number of rotatable bonds is 3. The second-order valence-electron chi connectivity index (χ2n) is 8.08. The molecule has 26 heavy (non-hydrogen) atoms. The van der Waals surface area contributed by atoms with Crippen molar-refractivity contribution < 1.29 is 9.53 Å². The minimum Gasteiger partial charge on any atom is -0.378 e. The molecule has 1 N–H and O–H groups in total. The second kappa shape index (κ2) is 7.67.